The van der Waals surface area contributed by atoms with Gasteiger partial charge in [-0.25, -0.2) is 0 Å². The highest BCUT2D eigenvalue weighted by Gasteiger charge is 2.48. The summed E-state index contributed by atoms with van der Waals surface area (Å²) in [6, 6.07) is 7.99. The highest BCUT2D eigenvalue weighted by atomic mass is 32.1. The molecule has 1 aliphatic carbocycles. The van der Waals surface area contributed by atoms with Crippen LogP contribution in [0.2, 0.25) is 0 Å². The van der Waals surface area contributed by atoms with E-state index in [0.29, 0.717) is 18.8 Å². The molecule has 3 aromatic heterocycles. The number of nitrogens with one attached hydrogen (secondary N) is 1. The first kappa shape index (κ1) is 19.3. The Labute approximate surface area is 179 Å². The summed E-state index contributed by atoms with van der Waals surface area (Å²) >= 11 is 1.61. The molecule has 0 radical (unpaired) electrons. The van der Waals surface area contributed by atoms with E-state index in [1.165, 1.54) is 6.42 Å². The minimum Gasteiger partial charge on any atom is -0.351 e. The van der Waals surface area contributed by atoms with E-state index < -0.39 is 5.54 Å². The summed E-state index contributed by atoms with van der Waals surface area (Å²) in [5.41, 5.74) is 0.612. The molecule has 1 saturated carbocycles. The van der Waals surface area contributed by atoms with Crippen LogP contribution >= 0.6 is 11.3 Å². The first-order valence-electron chi connectivity index (χ1n) is 10.6. The Morgan fingerprint density at radius 3 is 2.90 bits per heavy atom. The van der Waals surface area contributed by atoms with Crippen LogP contribution in [0.4, 0.5) is 0 Å². The van der Waals surface area contributed by atoms with Gasteiger partial charge in [0.2, 0.25) is 5.91 Å². The van der Waals surface area contributed by atoms with Gasteiger partial charge in [0.15, 0.2) is 0 Å². The SMILES string of the molecule is C[C@]1(C(=O)NC2CCCCC2)Cn2c(cc3ccsc32)C(=O)N1Cc1cccnc1. The number of carbonyl (C=O) groups is 2. The second-order valence-electron chi connectivity index (χ2n) is 8.63. The Morgan fingerprint density at radius 2 is 2.13 bits per heavy atom. The smallest absolute Gasteiger partial charge is 0.271 e. The molecule has 1 N–H and O–H groups in total. The van der Waals surface area contributed by atoms with Crippen LogP contribution in [0.25, 0.3) is 10.2 Å². The number of hydrogen-bond donors (Lipinski definition) is 1. The molecule has 1 fully saturated rings. The first-order valence-corrected chi connectivity index (χ1v) is 11.5. The van der Waals surface area contributed by atoms with Crippen molar-refractivity contribution in [3.63, 3.8) is 0 Å². The minimum absolute atomic E-state index is 0.0595. The van der Waals surface area contributed by atoms with E-state index in [1.807, 2.05) is 41.1 Å². The number of fused-ring (bicyclic) bond motifs is 3. The fourth-order valence-corrected chi connectivity index (χ4v) is 5.66. The van der Waals surface area contributed by atoms with Gasteiger partial charge in [0.05, 0.1) is 6.54 Å². The summed E-state index contributed by atoms with van der Waals surface area (Å²) in [5.74, 6) is -0.162. The number of pyridine rings is 1. The van der Waals surface area contributed by atoms with Gasteiger partial charge in [-0.3, -0.25) is 14.6 Å². The van der Waals surface area contributed by atoms with Crippen LogP contribution in [-0.2, 0) is 17.9 Å². The van der Waals surface area contributed by atoms with Crippen molar-refractivity contribution in [2.24, 2.45) is 0 Å². The molecule has 0 saturated heterocycles. The molecule has 156 valence electrons. The lowest BCUT2D eigenvalue weighted by molar-refractivity contribution is -0.134. The first-order chi connectivity index (χ1) is 14.6. The second kappa shape index (κ2) is 7.54. The topological polar surface area (TPSA) is 67.2 Å². The monoisotopic (exact) mass is 422 g/mol. The van der Waals surface area contributed by atoms with Crippen molar-refractivity contribution < 1.29 is 9.59 Å². The normalized spacial score (nSPS) is 22.3. The molecule has 2 amide bonds. The highest BCUT2D eigenvalue weighted by molar-refractivity contribution is 7.16. The summed E-state index contributed by atoms with van der Waals surface area (Å²) in [6.45, 7) is 2.72. The molecule has 30 heavy (non-hydrogen) atoms. The van der Waals surface area contributed by atoms with Crippen LogP contribution in [0.1, 0.15) is 55.1 Å². The summed E-state index contributed by atoms with van der Waals surface area (Å²) in [6.07, 6.45) is 9.05. The zero-order valence-electron chi connectivity index (χ0n) is 17.1. The zero-order valence-corrected chi connectivity index (χ0v) is 18.0. The molecule has 2 aliphatic rings. The van der Waals surface area contributed by atoms with Gasteiger partial charge in [-0.05, 0) is 48.9 Å². The lowest BCUT2D eigenvalue weighted by Crippen LogP contribution is -2.64. The Hall–Kier alpha value is -2.67. The molecule has 4 heterocycles. The standard InChI is InChI=1S/C23H26N4O2S/c1-23(22(29)25-18-7-3-2-4-8-18)15-26-19(12-17-9-11-30-21(17)26)20(28)27(23)14-16-6-5-10-24-13-16/h5-6,9-13,18H,2-4,7-8,14-15H2,1H3,(H,25,29)/t23-/m1/s1. The van der Waals surface area contributed by atoms with Crippen LogP contribution in [0, 0.1) is 0 Å². The van der Waals surface area contributed by atoms with E-state index >= 15 is 0 Å². The number of nitrogens with zero attached hydrogens (tertiary/aromatic N) is 3. The lowest BCUT2D eigenvalue weighted by Gasteiger charge is -2.44. The lowest BCUT2D eigenvalue weighted by atomic mass is 9.91. The van der Waals surface area contributed by atoms with E-state index in [9.17, 15) is 9.59 Å². The van der Waals surface area contributed by atoms with E-state index in [1.54, 1.807) is 28.6 Å². The minimum atomic E-state index is -0.965. The average molecular weight is 423 g/mol. The van der Waals surface area contributed by atoms with Crippen LogP contribution in [0.5, 0.6) is 0 Å². The summed E-state index contributed by atoms with van der Waals surface area (Å²) in [7, 11) is 0. The predicted octanol–water partition coefficient (Wildman–Crippen LogP) is 3.96. The van der Waals surface area contributed by atoms with Gasteiger partial charge >= 0.3 is 0 Å². The summed E-state index contributed by atoms with van der Waals surface area (Å²) in [5, 5.41) is 6.36. The summed E-state index contributed by atoms with van der Waals surface area (Å²) in [4.78, 5) is 34.2. The Balaban J connectivity index is 1.53. The van der Waals surface area contributed by atoms with Crippen molar-refractivity contribution in [3.05, 3.63) is 53.3 Å². The van der Waals surface area contributed by atoms with Crippen LogP contribution in [0.3, 0.4) is 0 Å². The molecule has 0 aromatic carbocycles. The molecule has 0 bridgehead atoms. The van der Waals surface area contributed by atoms with Gasteiger partial charge in [0.1, 0.15) is 16.1 Å². The van der Waals surface area contributed by atoms with E-state index in [0.717, 1.165) is 41.5 Å². The Bertz CT molecular complexity index is 1080. The average Bonchev–Trinajstić information content (AvgIpc) is 3.35. The van der Waals surface area contributed by atoms with Crippen molar-refractivity contribution in [2.75, 3.05) is 0 Å². The molecule has 6 nitrogen and oxygen atoms in total. The fourth-order valence-electron chi connectivity index (χ4n) is 4.77. The Kier molecular flexibility index (Phi) is 4.85. The third-order valence-corrected chi connectivity index (χ3v) is 7.47. The van der Waals surface area contributed by atoms with Crippen molar-refractivity contribution in [2.45, 2.75) is 63.7 Å². The van der Waals surface area contributed by atoms with E-state index in [2.05, 4.69) is 10.3 Å². The third kappa shape index (κ3) is 3.21. The number of aromatic nitrogens is 2. The zero-order chi connectivity index (χ0) is 20.7. The van der Waals surface area contributed by atoms with Crippen LogP contribution < -0.4 is 5.32 Å². The molecular weight excluding hydrogens is 396 g/mol. The van der Waals surface area contributed by atoms with E-state index in [4.69, 9.17) is 0 Å². The molecule has 7 heteroatoms. The van der Waals surface area contributed by atoms with Gasteiger partial charge in [0.25, 0.3) is 5.91 Å². The fraction of sp³-hybridized carbons (Fsp3) is 0.435. The van der Waals surface area contributed by atoms with Crippen molar-refractivity contribution >= 4 is 33.4 Å². The predicted molar refractivity (Wildman–Crippen MR) is 117 cm³/mol. The van der Waals surface area contributed by atoms with Gasteiger partial charge in [0, 0.05) is 30.4 Å². The Morgan fingerprint density at radius 1 is 1.30 bits per heavy atom. The van der Waals surface area contributed by atoms with Gasteiger partial charge in [-0.1, -0.05) is 25.3 Å². The molecule has 1 atom stereocenters. The molecule has 0 spiro atoms. The maximum Gasteiger partial charge on any atom is 0.271 e. The molecular formula is C23H26N4O2S. The number of carbonyl (C=O) groups excluding carboxylic acids is 2. The number of hydrogen-bond acceptors (Lipinski definition) is 4. The maximum absolute atomic E-state index is 13.6. The van der Waals surface area contributed by atoms with Crippen molar-refractivity contribution in [1.29, 1.82) is 0 Å². The van der Waals surface area contributed by atoms with E-state index in [-0.39, 0.29) is 17.9 Å². The number of thiophene rings is 1. The van der Waals surface area contributed by atoms with Gasteiger partial charge < -0.3 is 14.8 Å². The second-order valence-corrected chi connectivity index (χ2v) is 9.53. The third-order valence-electron chi connectivity index (χ3n) is 6.52. The highest BCUT2D eigenvalue weighted by Crippen LogP contribution is 2.35. The molecule has 1 aliphatic heterocycles. The number of amides is 2. The molecule has 0 unspecified atom stereocenters. The maximum atomic E-state index is 13.6. The molecule has 3 aromatic rings. The van der Waals surface area contributed by atoms with Crippen molar-refractivity contribution in [1.82, 2.24) is 19.8 Å². The largest absolute Gasteiger partial charge is 0.351 e. The van der Waals surface area contributed by atoms with Crippen LogP contribution in [0.15, 0.2) is 42.0 Å². The molecule has 5 rings (SSSR count). The summed E-state index contributed by atoms with van der Waals surface area (Å²) < 4.78 is 2.03. The van der Waals surface area contributed by atoms with Crippen LogP contribution in [-0.4, -0.2) is 37.8 Å². The van der Waals surface area contributed by atoms with Gasteiger partial charge in [-0.15, -0.1) is 11.3 Å². The quantitative estimate of drug-likeness (QED) is 0.692. The number of rotatable bonds is 4. The van der Waals surface area contributed by atoms with Gasteiger partial charge in [-0.2, -0.15) is 0 Å². The van der Waals surface area contributed by atoms with Crippen molar-refractivity contribution in [3.8, 4) is 0 Å².